The highest BCUT2D eigenvalue weighted by Crippen LogP contribution is 2.32. The van der Waals surface area contributed by atoms with Crippen molar-refractivity contribution in [3.63, 3.8) is 0 Å². The van der Waals surface area contributed by atoms with Gasteiger partial charge in [-0.1, -0.05) is 13.0 Å². The van der Waals surface area contributed by atoms with Gasteiger partial charge >= 0.3 is 0 Å². The third-order valence-corrected chi connectivity index (χ3v) is 3.42. The minimum absolute atomic E-state index is 0.149. The van der Waals surface area contributed by atoms with E-state index in [9.17, 15) is 4.39 Å². The Morgan fingerprint density at radius 2 is 2.33 bits per heavy atom. The molecule has 0 bridgehead atoms. The lowest BCUT2D eigenvalue weighted by atomic mass is 9.87. The topological polar surface area (TPSA) is 21.3 Å². The zero-order valence-electron chi connectivity index (χ0n) is 11.0. The van der Waals surface area contributed by atoms with Gasteiger partial charge < -0.3 is 10.1 Å². The molecular weight excluding hydrogens is 229 g/mol. The summed E-state index contributed by atoms with van der Waals surface area (Å²) in [5.74, 6) is 0.794. The second-order valence-electron chi connectivity index (χ2n) is 4.80. The number of benzene rings is 1. The van der Waals surface area contributed by atoms with Crippen molar-refractivity contribution in [1.29, 1.82) is 0 Å². The second-order valence-corrected chi connectivity index (χ2v) is 4.80. The van der Waals surface area contributed by atoms with E-state index in [0.29, 0.717) is 6.04 Å². The lowest BCUT2D eigenvalue weighted by molar-refractivity contribution is 0.272. The van der Waals surface area contributed by atoms with E-state index in [-0.39, 0.29) is 6.61 Å². The van der Waals surface area contributed by atoms with Crippen LogP contribution in [0.3, 0.4) is 0 Å². The number of nitrogens with one attached hydrogen (secondary N) is 1. The molecule has 0 amide bonds. The Morgan fingerprint density at radius 1 is 1.44 bits per heavy atom. The third kappa shape index (κ3) is 3.22. The Bertz CT molecular complexity index is 381. The van der Waals surface area contributed by atoms with Crippen LogP contribution in [0.25, 0.3) is 0 Å². The molecule has 1 N–H and O–H groups in total. The highest BCUT2D eigenvalue weighted by molar-refractivity contribution is 5.39. The smallest absolute Gasteiger partial charge is 0.123 e. The highest BCUT2D eigenvalue weighted by atomic mass is 19.1. The summed E-state index contributed by atoms with van der Waals surface area (Å²) in [5.41, 5.74) is 2.74. The predicted octanol–water partition coefficient (Wildman–Crippen LogP) is 3.41. The van der Waals surface area contributed by atoms with Crippen molar-refractivity contribution < 1.29 is 9.13 Å². The van der Waals surface area contributed by atoms with Crippen molar-refractivity contribution in [3.05, 3.63) is 29.3 Å². The maximum absolute atomic E-state index is 12.1. The van der Waals surface area contributed by atoms with E-state index in [2.05, 4.69) is 24.4 Å². The number of ether oxygens (including phenoxy) is 1. The molecule has 0 spiro atoms. The molecule has 0 saturated heterocycles. The standard InChI is InChI=1S/C15H22FNO/c1-2-9-17-15-5-3-4-12-11-13(18-10-8-16)6-7-14(12)15/h6-7,11,15,17H,2-5,8-10H2,1H3. The number of hydrogen-bond acceptors (Lipinski definition) is 2. The fourth-order valence-corrected chi connectivity index (χ4v) is 2.57. The first-order valence-electron chi connectivity index (χ1n) is 6.90. The summed E-state index contributed by atoms with van der Waals surface area (Å²) < 4.78 is 17.4. The van der Waals surface area contributed by atoms with E-state index in [1.807, 2.05) is 6.07 Å². The average Bonchev–Trinajstić information content (AvgIpc) is 2.42. The molecule has 3 heteroatoms. The van der Waals surface area contributed by atoms with Crippen LogP contribution in [0.4, 0.5) is 4.39 Å². The molecular formula is C15H22FNO. The van der Waals surface area contributed by atoms with Crippen LogP contribution in [0.5, 0.6) is 5.75 Å². The molecule has 0 fully saturated rings. The number of rotatable bonds is 6. The minimum Gasteiger partial charge on any atom is -0.491 e. The van der Waals surface area contributed by atoms with Gasteiger partial charge in [0.05, 0.1) is 0 Å². The Kier molecular flexibility index (Phi) is 5.00. The SMILES string of the molecule is CCCNC1CCCc2cc(OCCF)ccc21. The molecule has 1 atom stereocenters. The van der Waals surface area contributed by atoms with Crippen LogP contribution in [0.1, 0.15) is 43.4 Å². The summed E-state index contributed by atoms with van der Waals surface area (Å²) in [5, 5.41) is 3.59. The van der Waals surface area contributed by atoms with Crippen LogP contribution in [0.2, 0.25) is 0 Å². The summed E-state index contributed by atoms with van der Waals surface area (Å²) in [4.78, 5) is 0. The second kappa shape index (κ2) is 6.74. The van der Waals surface area contributed by atoms with Gasteiger partial charge in [-0.3, -0.25) is 0 Å². The molecule has 100 valence electrons. The normalized spacial score (nSPS) is 18.4. The molecule has 0 radical (unpaired) electrons. The monoisotopic (exact) mass is 251 g/mol. The molecule has 18 heavy (non-hydrogen) atoms. The number of aryl methyl sites for hydroxylation is 1. The van der Waals surface area contributed by atoms with Gasteiger partial charge in [0.25, 0.3) is 0 Å². The Balaban J connectivity index is 2.09. The molecule has 0 heterocycles. The molecule has 1 aliphatic rings. The van der Waals surface area contributed by atoms with Gasteiger partial charge in [-0.15, -0.1) is 0 Å². The highest BCUT2D eigenvalue weighted by Gasteiger charge is 2.19. The van der Waals surface area contributed by atoms with Gasteiger partial charge in [-0.05, 0) is 55.5 Å². The summed E-state index contributed by atoms with van der Waals surface area (Å²) in [6.07, 6.45) is 4.68. The van der Waals surface area contributed by atoms with Crippen molar-refractivity contribution in [2.24, 2.45) is 0 Å². The molecule has 1 aromatic carbocycles. The van der Waals surface area contributed by atoms with E-state index < -0.39 is 6.67 Å². The van der Waals surface area contributed by atoms with Crippen LogP contribution in [0, 0.1) is 0 Å². The van der Waals surface area contributed by atoms with E-state index in [1.54, 1.807) is 0 Å². The number of fused-ring (bicyclic) bond motifs is 1. The summed E-state index contributed by atoms with van der Waals surface area (Å²) in [6, 6.07) is 6.64. The molecule has 0 saturated carbocycles. The van der Waals surface area contributed by atoms with E-state index in [4.69, 9.17) is 4.74 Å². The molecule has 0 aliphatic heterocycles. The van der Waals surface area contributed by atoms with Gasteiger partial charge in [0.1, 0.15) is 19.0 Å². The fourth-order valence-electron chi connectivity index (χ4n) is 2.57. The Morgan fingerprint density at radius 3 is 3.11 bits per heavy atom. The van der Waals surface area contributed by atoms with Gasteiger partial charge in [0.15, 0.2) is 0 Å². The molecule has 2 rings (SSSR count). The van der Waals surface area contributed by atoms with Gasteiger partial charge in [0, 0.05) is 6.04 Å². The first kappa shape index (κ1) is 13.3. The molecule has 1 unspecified atom stereocenters. The van der Waals surface area contributed by atoms with Crippen molar-refractivity contribution in [2.75, 3.05) is 19.8 Å². The third-order valence-electron chi connectivity index (χ3n) is 3.42. The number of halogens is 1. The molecule has 1 aromatic rings. The predicted molar refractivity (Wildman–Crippen MR) is 71.9 cm³/mol. The zero-order chi connectivity index (χ0) is 12.8. The molecule has 1 aliphatic carbocycles. The largest absolute Gasteiger partial charge is 0.491 e. The van der Waals surface area contributed by atoms with Gasteiger partial charge in [-0.2, -0.15) is 0 Å². The first-order valence-corrected chi connectivity index (χ1v) is 6.90. The fraction of sp³-hybridized carbons (Fsp3) is 0.600. The van der Waals surface area contributed by atoms with Crippen LogP contribution >= 0.6 is 0 Å². The lowest BCUT2D eigenvalue weighted by Gasteiger charge is -2.27. The lowest BCUT2D eigenvalue weighted by Crippen LogP contribution is -2.25. The maximum Gasteiger partial charge on any atom is 0.123 e. The van der Waals surface area contributed by atoms with Crippen LogP contribution < -0.4 is 10.1 Å². The van der Waals surface area contributed by atoms with Crippen LogP contribution in [-0.4, -0.2) is 19.8 Å². The van der Waals surface area contributed by atoms with Crippen LogP contribution in [0.15, 0.2) is 18.2 Å². The Labute approximate surface area is 109 Å². The number of hydrogen-bond donors (Lipinski definition) is 1. The quantitative estimate of drug-likeness (QED) is 0.836. The average molecular weight is 251 g/mol. The number of alkyl halides is 1. The first-order chi connectivity index (χ1) is 8.85. The van der Waals surface area contributed by atoms with Crippen molar-refractivity contribution in [1.82, 2.24) is 5.32 Å². The van der Waals surface area contributed by atoms with E-state index in [0.717, 1.165) is 25.1 Å². The summed E-state index contributed by atoms with van der Waals surface area (Å²) in [6.45, 7) is 2.96. The van der Waals surface area contributed by atoms with Crippen molar-refractivity contribution in [3.8, 4) is 5.75 Å². The zero-order valence-corrected chi connectivity index (χ0v) is 11.0. The minimum atomic E-state index is -0.433. The van der Waals surface area contributed by atoms with Crippen molar-refractivity contribution >= 4 is 0 Å². The van der Waals surface area contributed by atoms with E-state index >= 15 is 0 Å². The van der Waals surface area contributed by atoms with Gasteiger partial charge in [-0.25, -0.2) is 4.39 Å². The molecule has 0 aromatic heterocycles. The Hall–Kier alpha value is -1.09. The van der Waals surface area contributed by atoms with Crippen LogP contribution in [-0.2, 0) is 6.42 Å². The van der Waals surface area contributed by atoms with Crippen molar-refractivity contribution in [2.45, 2.75) is 38.6 Å². The summed E-state index contributed by atoms with van der Waals surface area (Å²) in [7, 11) is 0. The maximum atomic E-state index is 12.1. The van der Waals surface area contributed by atoms with Gasteiger partial charge in [0.2, 0.25) is 0 Å². The molecule has 2 nitrogen and oxygen atoms in total. The van der Waals surface area contributed by atoms with E-state index in [1.165, 1.54) is 24.0 Å². The summed E-state index contributed by atoms with van der Waals surface area (Å²) >= 11 is 0.